The molecule has 16 heavy (non-hydrogen) atoms. The largest absolute Gasteiger partial charge is 0.392 e. The zero-order valence-electron chi connectivity index (χ0n) is 11.4. The van der Waals surface area contributed by atoms with E-state index in [4.69, 9.17) is 9.16 Å². The highest BCUT2D eigenvalue weighted by atomic mass is 28.4. The second kappa shape index (κ2) is 4.76. The Labute approximate surface area is 100 Å². The van der Waals surface area contributed by atoms with Crippen LogP contribution in [0.4, 0.5) is 0 Å². The highest BCUT2D eigenvalue weighted by Crippen LogP contribution is 2.38. The van der Waals surface area contributed by atoms with Gasteiger partial charge < -0.3 is 14.3 Å². The van der Waals surface area contributed by atoms with Crippen molar-refractivity contribution >= 4 is 8.32 Å². The monoisotopic (exact) mass is 246 g/mol. The van der Waals surface area contributed by atoms with Crippen LogP contribution in [0.25, 0.3) is 0 Å². The van der Waals surface area contributed by atoms with Crippen LogP contribution >= 0.6 is 0 Å². The first kappa shape index (κ1) is 14.2. The second-order valence-electron chi connectivity index (χ2n) is 6.29. The summed E-state index contributed by atoms with van der Waals surface area (Å²) >= 11 is 0. The first-order valence-electron chi connectivity index (χ1n) is 6.15. The molecular formula is C12H26O3Si. The first-order chi connectivity index (χ1) is 7.13. The number of aliphatic hydroxyl groups excluding tert-OH is 1. The van der Waals surface area contributed by atoms with Crippen LogP contribution in [-0.2, 0) is 9.16 Å². The lowest BCUT2D eigenvalue weighted by molar-refractivity contribution is -0.185. The summed E-state index contributed by atoms with van der Waals surface area (Å²) in [5.41, 5.74) is 0. The summed E-state index contributed by atoms with van der Waals surface area (Å²) in [5.74, 6) is 0. The van der Waals surface area contributed by atoms with E-state index in [0.717, 1.165) is 12.8 Å². The van der Waals surface area contributed by atoms with Crippen molar-refractivity contribution in [3.63, 3.8) is 0 Å². The molecule has 0 aromatic rings. The van der Waals surface area contributed by atoms with Crippen LogP contribution in [0.3, 0.4) is 0 Å². The van der Waals surface area contributed by atoms with Crippen molar-refractivity contribution in [1.29, 1.82) is 0 Å². The molecule has 0 aromatic carbocycles. The maximum atomic E-state index is 9.58. The first-order valence-corrected chi connectivity index (χ1v) is 9.05. The van der Waals surface area contributed by atoms with E-state index >= 15 is 0 Å². The molecule has 0 radical (unpaired) electrons. The Bertz CT molecular complexity index is 235. The standard InChI is InChI=1S/C12H26O3Si/c1-9-10(13)7-8-11(14-9)15-16(5,6)12(2,3)4/h9-11,13H,7-8H2,1-6H3. The average Bonchev–Trinajstić information content (AvgIpc) is 2.09. The molecule has 0 saturated carbocycles. The summed E-state index contributed by atoms with van der Waals surface area (Å²) in [6, 6.07) is 0. The molecule has 1 N–H and O–H groups in total. The van der Waals surface area contributed by atoms with Crippen molar-refractivity contribution in [1.82, 2.24) is 0 Å². The van der Waals surface area contributed by atoms with E-state index in [1.54, 1.807) is 0 Å². The van der Waals surface area contributed by atoms with E-state index in [1.807, 2.05) is 6.92 Å². The molecule has 3 atom stereocenters. The third kappa shape index (κ3) is 3.29. The van der Waals surface area contributed by atoms with Gasteiger partial charge in [0.15, 0.2) is 8.32 Å². The highest BCUT2D eigenvalue weighted by molar-refractivity contribution is 6.74. The van der Waals surface area contributed by atoms with Gasteiger partial charge in [-0.1, -0.05) is 20.8 Å². The van der Waals surface area contributed by atoms with Crippen LogP contribution < -0.4 is 0 Å². The van der Waals surface area contributed by atoms with Crippen LogP contribution in [0.15, 0.2) is 0 Å². The van der Waals surface area contributed by atoms with Gasteiger partial charge in [-0.3, -0.25) is 0 Å². The van der Waals surface area contributed by atoms with Gasteiger partial charge in [0, 0.05) is 0 Å². The number of hydrogen-bond acceptors (Lipinski definition) is 3. The van der Waals surface area contributed by atoms with Gasteiger partial charge in [-0.2, -0.15) is 0 Å². The molecule has 1 fully saturated rings. The van der Waals surface area contributed by atoms with Crippen LogP contribution in [0.5, 0.6) is 0 Å². The summed E-state index contributed by atoms with van der Waals surface area (Å²) in [5, 5.41) is 9.79. The van der Waals surface area contributed by atoms with Gasteiger partial charge in [0.25, 0.3) is 0 Å². The van der Waals surface area contributed by atoms with Gasteiger partial charge in [0.2, 0.25) is 0 Å². The van der Waals surface area contributed by atoms with Crippen molar-refractivity contribution in [2.45, 2.75) is 77.2 Å². The van der Waals surface area contributed by atoms with Gasteiger partial charge in [-0.15, -0.1) is 0 Å². The summed E-state index contributed by atoms with van der Waals surface area (Å²) in [4.78, 5) is 0. The van der Waals surface area contributed by atoms with E-state index < -0.39 is 8.32 Å². The minimum atomic E-state index is -1.75. The van der Waals surface area contributed by atoms with Crippen LogP contribution in [0.2, 0.25) is 18.1 Å². The summed E-state index contributed by atoms with van der Waals surface area (Å²) < 4.78 is 11.9. The zero-order valence-corrected chi connectivity index (χ0v) is 12.4. The Balaban J connectivity index is 2.55. The predicted molar refractivity (Wildman–Crippen MR) is 67.9 cm³/mol. The van der Waals surface area contributed by atoms with Gasteiger partial charge >= 0.3 is 0 Å². The van der Waals surface area contributed by atoms with Gasteiger partial charge in [0.1, 0.15) is 6.29 Å². The fourth-order valence-corrected chi connectivity index (χ4v) is 2.72. The molecule has 4 heteroatoms. The Morgan fingerprint density at radius 1 is 1.25 bits per heavy atom. The molecule has 96 valence electrons. The van der Waals surface area contributed by atoms with E-state index in [9.17, 15) is 5.11 Å². The molecule has 0 aromatic heterocycles. The molecule has 0 amide bonds. The maximum Gasteiger partial charge on any atom is 0.195 e. The molecule has 0 spiro atoms. The van der Waals surface area contributed by atoms with Gasteiger partial charge in [0.05, 0.1) is 12.2 Å². The molecule has 0 bridgehead atoms. The Hall–Kier alpha value is 0.0969. The van der Waals surface area contributed by atoms with E-state index in [1.165, 1.54) is 0 Å². The minimum Gasteiger partial charge on any atom is -0.392 e. The highest BCUT2D eigenvalue weighted by Gasteiger charge is 2.41. The molecule has 1 aliphatic rings. The average molecular weight is 246 g/mol. The van der Waals surface area contributed by atoms with E-state index in [-0.39, 0.29) is 23.5 Å². The minimum absolute atomic E-state index is 0.108. The summed E-state index contributed by atoms with van der Waals surface area (Å²) in [6.07, 6.45) is 1.01. The van der Waals surface area contributed by atoms with Crippen LogP contribution in [0.1, 0.15) is 40.5 Å². The Morgan fingerprint density at radius 2 is 1.81 bits per heavy atom. The molecule has 1 aliphatic heterocycles. The molecule has 3 unspecified atom stereocenters. The normalized spacial score (nSPS) is 32.8. The van der Waals surface area contributed by atoms with Crippen molar-refractivity contribution in [2.24, 2.45) is 0 Å². The number of rotatable bonds is 2. The Kier molecular flexibility index (Phi) is 4.22. The van der Waals surface area contributed by atoms with E-state index in [2.05, 4.69) is 33.9 Å². The zero-order chi connectivity index (χ0) is 12.6. The predicted octanol–water partition coefficient (Wildman–Crippen LogP) is 2.89. The lowest BCUT2D eigenvalue weighted by Crippen LogP contribution is -2.48. The summed E-state index contributed by atoms with van der Waals surface area (Å²) in [7, 11) is -1.75. The lowest BCUT2D eigenvalue weighted by Gasteiger charge is -2.41. The quantitative estimate of drug-likeness (QED) is 0.761. The van der Waals surface area contributed by atoms with Crippen LogP contribution in [0, 0.1) is 0 Å². The third-order valence-electron chi connectivity index (χ3n) is 3.84. The molecule has 3 nitrogen and oxygen atoms in total. The van der Waals surface area contributed by atoms with Crippen LogP contribution in [-0.4, -0.2) is 31.9 Å². The molecule has 0 aliphatic carbocycles. The topological polar surface area (TPSA) is 38.7 Å². The fraction of sp³-hybridized carbons (Fsp3) is 1.00. The number of aliphatic hydroxyl groups is 1. The van der Waals surface area contributed by atoms with Crippen molar-refractivity contribution in [3.8, 4) is 0 Å². The number of hydrogen-bond donors (Lipinski definition) is 1. The van der Waals surface area contributed by atoms with Crippen molar-refractivity contribution < 1.29 is 14.3 Å². The van der Waals surface area contributed by atoms with Gasteiger partial charge in [-0.05, 0) is 37.9 Å². The SMILES string of the molecule is CC1OC(O[Si](C)(C)C(C)(C)C)CCC1O. The Morgan fingerprint density at radius 3 is 2.25 bits per heavy atom. The van der Waals surface area contributed by atoms with Crippen molar-refractivity contribution in [3.05, 3.63) is 0 Å². The fourth-order valence-electron chi connectivity index (χ4n) is 1.53. The molecule has 1 saturated heterocycles. The van der Waals surface area contributed by atoms with E-state index in [0.29, 0.717) is 0 Å². The van der Waals surface area contributed by atoms with Gasteiger partial charge in [-0.25, -0.2) is 0 Å². The number of ether oxygens (including phenoxy) is 1. The molecule has 1 heterocycles. The smallest absolute Gasteiger partial charge is 0.195 e. The van der Waals surface area contributed by atoms with Crippen molar-refractivity contribution in [2.75, 3.05) is 0 Å². The molecule has 1 rings (SSSR count). The summed E-state index contributed by atoms with van der Waals surface area (Å²) in [6.45, 7) is 13.0. The maximum absolute atomic E-state index is 9.58. The molecular weight excluding hydrogens is 220 g/mol. The third-order valence-corrected chi connectivity index (χ3v) is 8.30. The lowest BCUT2D eigenvalue weighted by atomic mass is 10.1. The second-order valence-corrected chi connectivity index (χ2v) is 11.0.